The monoisotopic (exact) mass is 275 g/mol. The summed E-state index contributed by atoms with van der Waals surface area (Å²) in [7, 11) is 3.43. The van der Waals surface area contributed by atoms with E-state index in [0.29, 0.717) is 0 Å². The number of nitrogens with one attached hydrogen (secondary N) is 1. The van der Waals surface area contributed by atoms with Gasteiger partial charge in [-0.1, -0.05) is 0 Å². The van der Waals surface area contributed by atoms with Gasteiger partial charge in [0.15, 0.2) is 0 Å². The molecule has 0 amide bonds. The lowest BCUT2D eigenvalue weighted by Gasteiger charge is -2.17. The smallest absolute Gasteiger partial charge is 0.123 e. The molecule has 2 saturated carbocycles. The Labute approximate surface area is 121 Å². The Morgan fingerprint density at radius 2 is 1.80 bits per heavy atom. The topological polar surface area (TPSA) is 30.5 Å². The highest BCUT2D eigenvalue weighted by Gasteiger charge is 2.40. The molecular formula is C17H25NO2. The molecule has 0 atom stereocenters. The van der Waals surface area contributed by atoms with Crippen molar-refractivity contribution in [1.82, 2.24) is 5.32 Å². The molecule has 0 spiro atoms. The van der Waals surface area contributed by atoms with Crippen molar-refractivity contribution in [2.75, 3.05) is 20.8 Å². The summed E-state index contributed by atoms with van der Waals surface area (Å²) in [5, 5.41) is 3.63. The first-order valence-electron chi connectivity index (χ1n) is 7.73. The second-order valence-corrected chi connectivity index (χ2v) is 6.15. The summed E-state index contributed by atoms with van der Waals surface area (Å²) in [6.07, 6.45) is 5.80. The van der Waals surface area contributed by atoms with Crippen molar-refractivity contribution in [3.05, 3.63) is 23.8 Å². The fraction of sp³-hybridized carbons (Fsp3) is 0.647. The molecule has 3 nitrogen and oxygen atoms in total. The van der Waals surface area contributed by atoms with E-state index in [1.807, 2.05) is 12.1 Å². The van der Waals surface area contributed by atoms with Crippen LogP contribution in [0.1, 0.15) is 31.2 Å². The van der Waals surface area contributed by atoms with Crippen molar-refractivity contribution < 1.29 is 9.47 Å². The van der Waals surface area contributed by atoms with Gasteiger partial charge in [0.05, 0.1) is 14.2 Å². The number of ether oxygens (including phenoxy) is 2. The molecule has 2 fully saturated rings. The maximum atomic E-state index is 5.43. The molecule has 0 bridgehead atoms. The zero-order chi connectivity index (χ0) is 13.9. The van der Waals surface area contributed by atoms with Gasteiger partial charge in [-0.3, -0.25) is 0 Å². The standard InChI is InChI=1S/C17H25NO2/c1-19-15-7-8-17(20-2)14(9-15)10-18-11-16(12-3-4-12)13-5-6-13/h7-9,12-13,16,18H,3-6,10-11H2,1-2H3. The molecule has 3 rings (SSSR count). The number of methoxy groups -OCH3 is 2. The van der Waals surface area contributed by atoms with E-state index in [1.165, 1.54) is 31.2 Å². The molecule has 2 aliphatic rings. The fourth-order valence-corrected chi connectivity index (χ4v) is 3.16. The minimum Gasteiger partial charge on any atom is -0.497 e. The number of hydrogen-bond acceptors (Lipinski definition) is 3. The third kappa shape index (κ3) is 3.26. The van der Waals surface area contributed by atoms with E-state index in [0.717, 1.165) is 42.3 Å². The highest BCUT2D eigenvalue weighted by Crippen LogP contribution is 2.48. The molecule has 0 saturated heterocycles. The van der Waals surface area contributed by atoms with Crippen molar-refractivity contribution in [3.63, 3.8) is 0 Å². The highest BCUT2D eigenvalue weighted by atomic mass is 16.5. The Morgan fingerprint density at radius 1 is 1.10 bits per heavy atom. The van der Waals surface area contributed by atoms with Crippen LogP contribution in [-0.2, 0) is 6.54 Å². The SMILES string of the molecule is COc1ccc(OC)c(CNCC(C2CC2)C2CC2)c1. The molecule has 0 heterocycles. The van der Waals surface area contributed by atoms with Gasteiger partial charge in [-0.2, -0.15) is 0 Å². The molecule has 2 aliphatic carbocycles. The normalized spacial score (nSPS) is 18.4. The van der Waals surface area contributed by atoms with Gasteiger partial charge in [-0.15, -0.1) is 0 Å². The summed E-state index contributed by atoms with van der Waals surface area (Å²) in [5.41, 5.74) is 1.18. The average Bonchev–Trinajstić information content (AvgIpc) is 3.36. The quantitative estimate of drug-likeness (QED) is 0.790. The first kappa shape index (κ1) is 13.7. The first-order valence-corrected chi connectivity index (χ1v) is 7.73. The fourth-order valence-electron chi connectivity index (χ4n) is 3.16. The van der Waals surface area contributed by atoms with Crippen LogP contribution in [0.4, 0.5) is 0 Å². The van der Waals surface area contributed by atoms with Crippen molar-refractivity contribution in [2.45, 2.75) is 32.2 Å². The molecule has 1 aromatic rings. The summed E-state index contributed by atoms with van der Waals surface area (Å²) in [6, 6.07) is 5.99. The van der Waals surface area contributed by atoms with Gasteiger partial charge in [-0.05, 0) is 68.2 Å². The Balaban J connectivity index is 1.56. The summed E-state index contributed by atoms with van der Waals surface area (Å²) in [4.78, 5) is 0. The van der Waals surface area contributed by atoms with E-state index in [2.05, 4.69) is 11.4 Å². The Morgan fingerprint density at radius 3 is 2.35 bits per heavy atom. The summed E-state index contributed by atoms with van der Waals surface area (Å²) in [5.74, 6) is 4.74. The van der Waals surface area contributed by atoms with Gasteiger partial charge in [0, 0.05) is 12.1 Å². The second kappa shape index (κ2) is 6.04. The lowest BCUT2D eigenvalue weighted by molar-refractivity contribution is 0.371. The largest absolute Gasteiger partial charge is 0.497 e. The van der Waals surface area contributed by atoms with Crippen LogP contribution in [0.15, 0.2) is 18.2 Å². The predicted octanol–water partition coefficient (Wildman–Crippen LogP) is 3.23. The molecule has 1 aromatic carbocycles. The number of hydrogen-bond donors (Lipinski definition) is 1. The van der Waals surface area contributed by atoms with Crippen LogP contribution in [0.3, 0.4) is 0 Å². The Bertz CT molecular complexity index is 440. The van der Waals surface area contributed by atoms with Crippen LogP contribution in [0.25, 0.3) is 0 Å². The van der Waals surface area contributed by atoms with Gasteiger partial charge in [0.1, 0.15) is 11.5 Å². The molecule has 0 aliphatic heterocycles. The van der Waals surface area contributed by atoms with E-state index < -0.39 is 0 Å². The average molecular weight is 275 g/mol. The number of rotatable bonds is 8. The van der Waals surface area contributed by atoms with Crippen molar-refractivity contribution in [3.8, 4) is 11.5 Å². The maximum absolute atomic E-state index is 5.43. The molecule has 0 unspecified atom stereocenters. The summed E-state index contributed by atoms with van der Waals surface area (Å²) >= 11 is 0. The van der Waals surface area contributed by atoms with Crippen LogP contribution in [0, 0.1) is 17.8 Å². The third-order valence-electron chi connectivity index (χ3n) is 4.64. The van der Waals surface area contributed by atoms with Crippen LogP contribution in [0.5, 0.6) is 11.5 Å². The van der Waals surface area contributed by atoms with E-state index in [4.69, 9.17) is 9.47 Å². The minimum atomic E-state index is 0.857. The molecule has 20 heavy (non-hydrogen) atoms. The Hall–Kier alpha value is -1.22. The third-order valence-corrected chi connectivity index (χ3v) is 4.64. The van der Waals surface area contributed by atoms with Gasteiger partial charge < -0.3 is 14.8 Å². The maximum Gasteiger partial charge on any atom is 0.123 e. The first-order chi connectivity index (χ1) is 9.81. The lowest BCUT2D eigenvalue weighted by Crippen LogP contribution is -2.25. The van der Waals surface area contributed by atoms with Crippen LogP contribution in [0.2, 0.25) is 0 Å². The second-order valence-electron chi connectivity index (χ2n) is 6.15. The van der Waals surface area contributed by atoms with Gasteiger partial charge in [-0.25, -0.2) is 0 Å². The molecule has 0 aromatic heterocycles. The van der Waals surface area contributed by atoms with Crippen molar-refractivity contribution in [2.24, 2.45) is 17.8 Å². The molecular weight excluding hydrogens is 250 g/mol. The molecule has 110 valence electrons. The van der Waals surface area contributed by atoms with Gasteiger partial charge >= 0.3 is 0 Å². The van der Waals surface area contributed by atoms with Crippen LogP contribution >= 0.6 is 0 Å². The van der Waals surface area contributed by atoms with Crippen LogP contribution in [-0.4, -0.2) is 20.8 Å². The van der Waals surface area contributed by atoms with Gasteiger partial charge in [0.25, 0.3) is 0 Å². The molecule has 1 N–H and O–H groups in total. The zero-order valence-electron chi connectivity index (χ0n) is 12.5. The summed E-state index contributed by atoms with van der Waals surface area (Å²) < 4.78 is 10.7. The minimum absolute atomic E-state index is 0.857. The van der Waals surface area contributed by atoms with Crippen LogP contribution < -0.4 is 14.8 Å². The van der Waals surface area contributed by atoms with E-state index in [1.54, 1.807) is 14.2 Å². The van der Waals surface area contributed by atoms with Crippen molar-refractivity contribution in [1.29, 1.82) is 0 Å². The summed E-state index contributed by atoms with van der Waals surface area (Å²) in [6.45, 7) is 2.01. The van der Waals surface area contributed by atoms with E-state index in [-0.39, 0.29) is 0 Å². The van der Waals surface area contributed by atoms with Gasteiger partial charge in [0.2, 0.25) is 0 Å². The van der Waals surface area contributed by atoms with Crippen molar-refractivity contribution >= 4 is 0 Å². The Kier molecular flexibility index (Phi) is 4.16. The zero-order valence-corrected chi connectivity index (χ0v) is 12.5. The number of benzene rings is 1. The predicted molar refractivity (Wildman–Crippen MR) is 80.2 cm³/mol. The highest BCUT2D eigenvalue weighted by molar-refractivity contribution is 5.40. The van der Waals surface area contributed by atoms with E-state index in [9.17, 15) is 0 Å². The molecule has 3 heteroatoms. The lowest BCUT2D eigenvalue weighted by atomic mass is 9.98. The van der Waals surface area contributed by atoms with E-state index >= 15 is 0 Å². The molecule has 0 radical (unpaired) electrons.